The molecule has 0 unspecified atom stereocenters. The molecular formula is C10H10ClNO3. The molecule has 0 saturated heterocycles. The third kappa shape index (κ3) is 3.99. The topological polar surface area (TPSA) is 55.4 Å². The van der Waals surface area contributed by atoms with Crippen molar-refractivity contribution in [2.75, 3.05) is 5.32 Å². The van der Waals surface area contributed by atoms with Crippen molar-refractivity contribution < 1.29 is 14.3 Å². The second-order valence-electron chi connectivity index (χ2n) is 2.77. The standard InChI is InChI=1S/C10H10ClNO3/c1-2-9(13)12-7-4-3-5-8(6-7)15-10(11)14/h3-6H,2H2,1H3,(H,12,13). The minimum atomic E-state index is -0.908. The van der Waals surface area contributed by atoms with Gasteiger partial charge in [-0.1, -0.05) is 13.0 Å². The van der Waals surface area contributed by atoms with Crippen molar-refractivity contribution >= 4 is 28.6 Å². The number of halogens is 1. The number of hydrogen-bond acceptors (Lipinski definition) is 3. The van der Waals surface area contributed by atoms with Crippen molar-refractivity contribution in [2.24, 2.45) is 0 Å². The maximum Gasteiger partial charge on any atom is 0.409 e. The lowest BCUT2D eigenvalue weighted by molar-refractivity contribution is -0.115. The van der Waals surface area contributed by atoms with Gasteiger partial charge in [0.15, 0.2) is 0 Å². The first-order valence-electron chi connectivity index (χ1n) is 4.39. The number of ether oxygens (including phenoxy) is 1. The molecule has 0 aliphatic heterocycles. The minimum Gasteiger partial charge on any atom is -0.414 e. The van der Waals surface area contributed by atoms with E-state index in [0.29, 0.717) is 17.9 Å². The van der Waals surface area contributed by atoms with Crippen LogP contribution in [0.1, 0.15) is 13.3 Å². The van der Waals surface area contributed by atoms with Crippen molar-refractivity contribution in [2.45, 2.75) is 13.3 Å². The monoisotopic (exact) mass is 227 g/mol. The Morgan fingerprint density at radius 1 is 1.47 bits per heavy atom. The van der Waals surface area contributed by atoms with Gasteiger partial charge in [0.2, 0.25) is 5.91 Å². The molecule has 1 amide bonds. The van der Waals surface area contributed by atoms with Crippen molar-refractivity contribution in [1.29, 1.82) is 0 Å². The molecule has 0 fully saturated rings. The van der Waals surface area contributed by atoms with E-state index >= 15 is 0 Å². The lowest BCUT2D eigenvalue weighted by atomic mass is 10.3. The van der Waals surface area contributed by atoms with Crippen LogP contribution in [0, 0.1) is 0 Å². The van der Waals surface area contributed by atoms with E-state index in [-0.39, 0.29) is 5.91 Å². The van der Waals surface area contributed by atoms with E-state index in [0.717, 1.165) is 0 Å². The van der Waals surface area contributed by atoms with Gasteiger partial charge in [0.1, 0.15) is 5.75 Å². The van der Waals surface area contributed by atoms with Crippen LogP contribution in [0.15, 0.2) is 24.3 Å². The second kappa shape index (κ2) is 5.36. The van der Waals surface area contributed by atoms with Crippen LogP contribution in [-0.2, 0) is 4.79 Å². The average molecular weight is 228 g/mol. The van der Waals surface area contributed by atoms with Gasteiger partial charge in [-0.3, -0.25) is 4.79 Å². The Bertz CT molecular complexity index is 379. The molecule has 1 rings (SSSR count). The quantitative estimate of drug-likeness (QED) is 0.808. The largest absolute Gasteiger partial charge is 0.414 e. The summed E-state index contributed by atoms with van der Waals surface area (Å²) < 4.78 is 4.65. The number of hydrogen-bond donors (Lipinski definition) is 1. The van der Waals surface area contributed by atoms with Crippen LogP contribution in [0.5, 0.6) is 5.75 Å². The van der Waals surface area contributed by atoms with Crippen LogP contribution in [-0.4, -0.2) is 11.3 Å². The maximum atomic E-state index is 11.1. The first kappa shape index (κ1) is 11.5. The number of rotatable bonds is 3. The molecule has 1 N–H and O–H groups in total. The van der Waals surface area contributed by atoms with E-state index in [2.05, 4.69) is 10.1 Å². The molecule has 4 nitrogen and oxygen atoms in total. The fourth-order valence-electron chi connectivity index (χ4n) is 0.979. The number of anilines is 1. The van der Waals surface area contributed by atoms with E-state index in [1.807, 2.05) is 0 Å². The Balaban J connectivity index is 2.74. The van der Waals surface area contributed by atoms with Gasteiger partial charge in [-0.05, 0) is 12.1 Å². The zero-order valence-electron chi connectivity index (χ0n) is 8.12. The molecule has 0 bridgehead atoms. The summed E-state index contributed by atoms with van der Waals surface area (Å²) in [7, 11) is 0. The molecule has 0 spiro atoms. The summed E-state index contributed by atoms with van der Waals surface area (Å²) in [5.74, 6) is 0.188. The number of carbonyl (C=O) groups is 2. The van der Waals surface area contributed by atoms with Crippen LogP contribution in [0.4, 0.5) is 10.5 Å². The lowest BCUT2D eigenvalue weighted by Crippen LogP contribution is -2.09. The molecule has 0 radical (unpaired) electrons. The van der Waals surface area contributed by atoms with Crippen molar-refractivity contribution in [3.05, 3.63) is 24.3 Å². The van der Waals surface area contributed by atoms with Crippen LogP contribution in [0.2, 0.25) is 0 Å². The van der Waals surface area contributed by atoms with E-state index < -0.39 is 5.43 Å². The summed E-state index contributed by atoms with van der Waals surface area (Å²) in [5, 5.41) is 2.63. The Morgan fingerprint density at radius 2 is 2.20 bits per heavy atom. The summed E-state index contributed by atoms with van der Waals surface area (Å²) in [6.45, 7) is 1.75. The zero-order valence-corrected chi connectivity index (χ0v) is 8.88. The number of nitrogens with one attached hydrogen (secondary N) is 1. The zero-order chi connectivity index (χ0) is 11.3. The predicted octanol–water partition coefficient (Wildman–Crippen LogP) is 2.77. The van der Waals surface area contributed by atoms with Crippen molar-refractivity contribution in [3.8, 4) is 5.75 Å². The van der Waals surface area contributed by atoms with Crippen LogP contribution in [0.3, 0.4) is 0 Å². The molecule has 0 saturated carbocycles. The van der Waals surface area contributed by atoms with Gasteiger partial charge in [-0.2, -0.15) is 0 Å². The fraction of sp³-hybridized carbons (Fsp3) is 0.200. The predicted molar refractivity (Wildman–Crippen MR) is 57.2 cm³/mol. The Morgan fingerprint density at radius 3 is 2.80 bits per heavy atom. The van der Waals surface area contributed by atoms with Crippen molar-refractivity contribution in [3.63, 3.8) is 0 Å². The molecular weight excluding hydrogens is 218 g/mol. The van der Waals surface area contributed by atoms with Gasteiger partial charge >= 0.3 is 5.43 Å². The normalized spacial score (nSPS) is 9.47. The Kier molecular flexibility index (Phi) is 4.12. The molecule has 0 aromatic heterocycles. The highest BCUT2D eigenvalue weighted by atomic mass is 35.5. The number of amides is 1. The average Bonchev–Trinajstić information content (AvgIpc) is 2.17. The summed E-state index contributed by atoms with van der Waals surface area (Å²) in [6, 6.07) is 6.44. The van der Waals surface area contributed by atoms with Crippen LogP contribution < -0.4 is 10.1 Å². The molecule has 15 heavy (non-hydrogen) atoms. The minimum absolute atomic E-state index is 0.107. The second-order valence-corrected chi connectivity index (χ2v) is 3.08. The molecule has 5 heteroatoms. The molecule has 1 aromatic carbocycles. The molecule has 1 aromatic rings. The summed E-state index contributed by atoms with van der Waals surface area (Å²) >= 11 is 5.05. The summed E-state index contributed by atoms with van der Waals surface area (Å²) in [6.07, 6.45) is 0.388. The summed E-state index contributed by atoms with van der Waals surface area (Å²) in [5.41, 5.74) is -0.341. The molecule has 0 heterocycles. The van der Waals surface area contributed by atoms with Gasteiger partial charge < -0.3 is 10.1 Å². The first-order valence-corrected chi connectivity index (χ1v) is 4.77. The molecule has 80 valence electrons. The highest BCUT2D eigenvalue weighted by molar-refractivity contribution is 6.61. The number of carbonyl (C=O) groups excluding carboxylic acids is 2. The van der Waals surface area contributed by atoms with Gasteiger partial charge in [0.05, 0.1) is 0 Å². The lowest BCUT2D eigenvalue weighted by Gasteiger charge is -2.05. The van der Waals surface area contributed by atoms with E-state index in [4.69, 9.17) is 11.6 Å². The van der Waals surface area contributed by atoms with E-state index in [1.165, 1.54) is 6.07 Å². The van der Waals surface area contributed by atoms with Gasteiger partial charge in [-0.15, -0.1) is 0 Å². The highest BCUT2D eigenvalue weighted by Gasteiger charge is 2.03. The molecule has 0 aliphatic rings. The van der Waals surface area contributed by atoms with Crippen LogP contribution in [0.25, 0.3) is 0 Å². The van der Waals surface area contributed by atoms with Gasteiger partial charge in [0.25, 0.3) is 0 Å². The molecule has 0 aliphatic carbocycles. The van der Waals surface area contributed by atoms with Crippen LogP contribution >= 0.6 is 11.6 Å². The smallest absolute Gasteiger partial charge is 0.409 e. The maximum absolute atomic E-state index is 11.1. The third-order valence-corrected chi connectivity index (χ3v) is 1.71. The Labute approximate surface area is 92.2 Å². The molecule has 0 atom stereocenters. The Hall–Kier alpha value is -1.55. The third-order valence-electron chi connectivity index (χ3n) is 1.64. The van der Waals surface area contributed by atoms with Crippen molar-refractivity contribution in [1.82, 2.24) is 0 Å². The van der Waals surface area contributed by atoms with E-state index in [1.54, 1.807) is 25.1 Å². The van der Waals surface area contributed by atoms with Gasteiger partial charge in [-0.25, -0.2) is 4.79 Å². The number of benzene rings is 1. The van der Waals surface area contributed by atoms with Gasteiger partial charge in [0, 0.05) is 29.8 Å². The van der Waals surface area contributed by atoms with E-state index in [9.17, 15) is 9.59 Å². The highest BCUT2D eigenvalue weighted by Crippen LogP contribution is 2.18. The fourth-order valence-corrected chi connectivity index (χ4v) is 1.07. The summed E-state index contributed by atoms with van der Waals surface area (Å²) in [4.78, 5) is 21.5. The SMILES string of the molecule is CCC(=O)Nc1cccc(OC(=O)Cl)c1. The first-order chi connectivity index (χ1) is 7.11.